The van der Waals surface area contributed by atoms with Gasteiger partial charge in [-0.1, -0.05) is 52.0 Å². The zero-order chi connectivity index (χ0) is 14.8. The lowest BCUT2D eigenvalue weighted by atomic mass is 9.86. The highest BCUT2D eigenvalue weighted by molar-refractivity contribution is 5.31. The van der Waals surface area contributed by atoms with E-state index >= 15 is 0 Å². The van der Waals surface area contributed by atoms with Gasteiger partial charge in [-0.05, 0) is 41.8 Å². The van der Waals surface area contributed by atoms with Gasteiger partial charge in [-0.25, -0.2) is 0 Å². The third-order valence-electron chi connectivity index (χ3n) is 4.27. The average Bonchev–Trinajstić information content (AvgIpc) is 2.39. The molecule has 0 N–H and O–H groups in total. The smallest absolute Gasteiger partial charge is 0.123 e. The molecule has 1 heterocycles. The second-order valence-corrected chi connectivity index (χ2v) is 7.15. The summed E-state index contributed by atoms with van der Waals surface area (Å²) in [6.07, 6.45) is 2.50. The van der Waals surface area contributed by atoms with E-state index in [2.05, 4.69) is 62.9 Å². The molecule has 2 heteroatoms. The first-order valence-electron chi connectivity index (χ1n) is 7.66. The van der Waals surface area contributed by atoms with Crippen LogP contribution in [-0.2, 0) is 5.41 Å². The van der Waals surface area contributed by atoms with Crippen LogP contribution in [0.15, 0.2) is 24.3 Å². The van der Waals surface area contributed by atoms with Gasteiger partial charge in [-0.15, -0.1) is 0 Å². The van der Waals surface area contributed by atoms with E-state index in [4.69, 9.17) is 0 Å². The third kappa shape index (κ3) is 3.41. The molecule has 1 aromatic rings. The van der Waals surface area contributed by atoms with E-state index in [-0.39, 0.29) is 11.5 Å². The molecule has 108 valence electrons. The van der Waals surface area contributed by atoms with Gasteiger partial charge in [0.1, 0.15) is 6.04 Å². The Morgan fingerprint density at radius 2 is 1.90 bits per heavy atom. The summed E-state index contributed by atoms with van der Waals surface area (Å²) in [6.45, 7) is 11.0. The molecule has 0 radical (unpaired) electrons. The minimum atomic E-state index is -0.0910. The van der Waals surface area contributed by atoms with Crippen LogP contribution in [0.5, 0.6) is 0 Å². The van der Waals surface area contributed by atoms with Crippen LogP contribution in [0.25, 0.3) is 0 Å². The predicted octanol–water partition coefficient (Wildman–Crippen LogP) is 4.28. The Kier molecular flexibility index (Phi) is 4.50. The molecule has 2 unspecified atom stereocenters. The van der Waals surface area contributed by atoms with Crippen LogP contribution in [0.2, 0.25) is 0 Å². The van der Waals surface area contributed by atoms with Crippen molar-refractivity contribution in [3.05, 3.63) is 35.4 Å². The topological polar surface area (TPSA) is 27.0 Å². The predicted molar refractivity (Wildman–Crippen MR) is 83.5 cm³/mol. The van der Waals surface area contributed by atoms with Crippen LogP contribution in [-0.4, -0.2) is 18.0 Å². The standard InChI is InChI=1S/C18H26N2/c1-14-6-5-11-20(13-14)17(12-19)15-7-9-16(10-8-15)18(2,3)4/h7-10,14,17H,5-6,11,13H2,1-4H3. The fraction of sp³-hybridized carbons (Fsp3) is 0.611. The van der Waals surface area contributed by atoms with E-state index < -0.39 is 0 Å². The Balaban J connectivity index is 2.18. The summed E-state index contributed by atoms with van der Waals surface area (Å²) < 4.78 is 0. The highest BCUT2D eigenvalue weighted by Gasteiger charge is 2.25. The Bertz CT molecular complexity index is 476. The van der Waals surface area contributed by atoms with Gasteiger partial charge < -0.3 is 0 Å². The van der Waals surface area contributed by atoms with Crippen molar-refractivity contribution in [2.75, 3.05) is 13.1 Å². The lowest BCUT2D eigenvalue weighted by molar-refractivity contribution is 0.156. The van der Waals surface area contributed by atoms with Crippen molar-refractivity contribution >= 4 is 0 Å². The number of nitriles is 1. The fourth-order valence-corrected chi connectivity index (χ4v) is 2.99. The molecule has 1 fully saturated rings. The maximum atomic E-state index is 9.56. The number of rotatable bonds is 2. The molecule has 2 rings (SSSR count). The number of nitrogens with zero attached hydrogens (tertiary/aromatic N) is 2. The minimum Gasteiger partial charge on any atom is -0.284 e. The van der Waals surface area contributed by atoms with Gasteiger partial charge in [0.05, 0.1) is 6.07 Å². The Hall–Kier alpha value is -1.33. The second-order valence-electron chi connectivity index (χ2n) is 7.15. The van der Waals surface area contributed by atoms with Crippen molar-refractivity contribution in [3.63, 3.8) is 0 Å². The third-order valence-corrected chi connectivity index (χ3v) is 4.27. The molecular formula is C18H26N2. The zero-order valence-electron chi connectivity index (χ0n) is 13.2. The van der Waals surface area contributed by atoms with Crippen LogP contribution in [0.4, 0.5) is 0 Å². The van der Waals surface area contributed by atoms with Gasteiger partial charge in [-0.2, -0.15) is 5.26 Å². The van der Waals surface area contributed by atoms with Crippen LogP contribution in [0, 0.1) is 17.2 Å². The molecule has 0 amide bonds. The first-order valence-corrected chi connectivity index (χ1v) is 7.66. The van der Waals surface area contributed by atoms with Crippen molar-refractivity contribution in [2.45, 2.75) is 52.0 Å². The average molecular weight is 270 g/mol. The van der Waals surface area contributed by atoms with E-state index in [1.54, 1.807) is 0 Å². The summed E-state index contributed by atoms with van der Waals surface area (Å²) >= 11 is 0. The van der Waals surface area contributed by atoms with Gasteiger partial charge in [0.2, 0.25) is 0 Å². The lowest BCUT2D eigenvalue weighted by Crippen LogP contribution is -2.36. The molecule has 0 saturated carbocycles. The Morgan fingerprint density at radius 3 is 2.40 bits per heavy atom. The maximum Gasteiger partial charge on any atom is 0.123 e. The monoisotopic (exact) mass is 270 g/mol. The molecular weight excluding hydrogens is 244 g/mol. The molecule has 0 aliphatic carbocycles. The van der Waals surface area contributed by atoms with Crippen LogP contribution < -0.4 is 0 Å². The van der Waals surface area contributed by atoms with E-state index in [1.165, 1.54) is 18.4 Å². The summed E-state index contributed by atoms with van der Waals surface area (Å²) in [5.74, 6) is 0.702. The number of hydrogen-bond donors (Lipinski definition) is 0. The highest BCUT2D eigenvalue weighted by Crippen LogP contribution is 2.28. The summed E-state index contributed by atoms with van der Waals surface area (Å²) in [5.41, 5.74) is 2.62. The van der Waals surface area contributed by atoms with Gasteiger partial charge in [0.15, 0.2) is 0 Å². The highest BCUT2D eigenvalue weighted by atomic mass is 15.2. The minimum absolute atomic E-state index is 0.0910. The zero-order valence-corrected chi connectivity index (χ0v) is 13.2. The van der Waals surface area contributed by atoms with Gasteiger partial charge in [-0.3, -0.25) is 4.90 Å². The molecule has 1 aliphatic heterocycles. The molecule has 1 aliphatic rings. The SMILES string of the molecule is CC1CCCN(C(C#N)c2ccc(C(C)(C)C)cc2)C1. The van der Waals surface area contributed by atoms with Crippen molar-refractivity contribution in [1.29, 1.82) is 5.26 Å². The van der Waals surface area contributed by atoms with E-state index in [0.29, 0.717) is 5.92 Å². The fourth-order valence-electron chi connectivity index (χ4n) is 2.99. The number of benzene rings is 1. The molecule has 2 nitrogen and oxygen atoms in total. The number of hydrogen-bond acceptors (Lipinski definition) is 2. The first kappa shape index (κ1) is 15.1. The Morgan fingerprint density at radius 1 is 1.25 bits per heavy atom. The first-order chi connectivity index (χ1) is 9.41. The van der Waals surface area contributed by atoms with Gasteiger partial charge in [0, 0.05) is 6.54 Å². The van der Waals surface area contributed by atoms with Gasteiger partial charge in [0.25, 0.3) is 0 Å². The molecule has 1 aromatic carbocycles. The van der Waals surface area contributed by atoms with Crippen LogP contribution in [0.3, 0.4) is 0 Å². The molecule has 0 spiro atoms. The number of piperidine rings is 1. The van der Waals surface area contributed by atoms with Crippen molar-refractivity contribution in [3.8, 4) is 6.07 Å². The summed E-state index contributed by atoms with van der Waals surface area (Å²) in [4.78, 5) is 2.33. The van der Waals surface area contributed by atoms with Crippen LogP contribution in [0.1, 0.15) is 57.7 Å². The maximum absolute atomic E-state index is 9.56. The van der Waals surface area contributed by atoms with Crippen molar-refractivity contribution in [1.82, 2.24) is 4.90 Å². The van der Waals surface area contributed by atoms with Crippen molar-refractivity contribution in [2.24, 2.45) is 5.92 Å². The Labute approximate surface area is 123 Å². The summed E-state index contributed by atoms with van der Waals surface area (Å²) in [7, 11) is 0. The summed E-state index contributed by atoms with van der Waals surface area (Å²) in [5, 5.41) is 9.56. The largest absolute Gasteiger partial charge is 0.284 e. The molecule has 0 aromatic heterocycles. The summed E-state index contributed by atoms with van der Waals surface area (Å²) in [6, 6.07) is 11.0. The number of likely N-dealkylation sites (tertiary alicyclic amines) is 1. The normalized spacial score (nSPS) is 22.2. The van der Waals surface area contributed by atoms with Crippen molar-refractivity contribution < 1.29 is 0 Å². The lowest BCUT2D eigenvalue weighted by Gasteiger charge is -2.34. The molecule has 0 bridgehead atoms. The second kappa shape index (κ2) is 5.97. The molecule has 20 heavy (non-hydrogen) atoms. The van der Waals surface area contributed by atoms with Gasteiger partial charge >= 0.3 is 0 Å². The van der Waals surface area contributed by atoms with E-state index in [0.717, 1.165) is 18.7 Å². The molecule has 2 atom stereocenters. The van der Waals surface area contributed by atoms with E-state index in [1.807, 2.05) is 0 Å². The van der Waals surface area contributed by atoms with E-state index in [9.17, 15) is 5.26 Å². The quantitative estimate of drug-likeness (QED) is 0.802. The molecule has 1 saturated heterocycles. The van der Waals surface area contributed by atoms with Crippen LogP contribution >= 0.6 is 0 Å².